The third-order valence-corrected chi connectivity index (χ3v) is 5.82. The highest BCUT2D eigenvalue weighted by atomic mass is 32.2. The summed E-state index contributed by atoms with van der Waals surface area (Å²) < 4.78 is 31.0. The minimum absolute atomic E-state index is 0.203. The van der Waals surface area contributed by atoms with E-state index in [0.717, 1.165) is 11.3 Å². The fraction of sp³-hybridized carbons (Fsp3) is 0.333. The average molecular weight is 431 g/mol. The van der Waals surface area contributed by atoms with Crippen molar-refractivity contribution >= 4 is 27.3 Å². The first kappa shape index (κ1) is 21.6. The number of aryl methyl sites for hydroxylation is 1. The molecule has 0 aliphatic heterocycles. The summed E-state index contributed by atoms with van der Waals surface area (Å²) in [7, 11) is -1.52. The molecule has 1 aromatic carbocycles. The van der Waals surface area contributed by atoms with Crippen LogP contribution in [0.5, 0.6) is 5.75 Å². The van der Waals surface area contributed by atoms with E-state index in [-0.39, 0.29) is 17.5 Å². The molecule has 0 fully saturated rings. The molecule has 0 saturated carbocycles. The van der Waals surface area contributed by atoms with E-state index in [0.29, 0.717) is 30.2 Å². The maximum Gasteiger partial charge on any atom is 0.322 e. The van der Waals surface area contributed by atoms with Gasteiger partial charge in [0, 0.05) is 26.0 Å². The monoisotopic (exact) mass is 430 g/mol. The van der Waals surface area contributed by atoms with Crippen molar-refractivity contribution in [1.29, 1.82) is 0 Å². The minimum atomic E-state index is -3.23. The Hall–Kier alpha value is -3.07. The predicted octanol–water partition coefficient (Wildman–Crippen LogP) is 3.04. The fourth-order valence-electron chi connectivity index (χ4n) is 3.14. The molecule has 2 aromatic heterocycles. The third kappa shape index (κ3) is 4.40. The second-order valence-electron chi connectivity index (χ2n) is 6.90. The van der Waals surface area contributed by atoms with Crippen LogP contribution in [0.2, 0.25) is 0 Å². The highest BCUT2D eigenvalue weighted by Gasteiger charge is 2.21. The summed E-state index contributed by atoms with van der Waals surface area (Å²) in [4.78, 5) is 18.9. The largest absolute Gasteiger partial charge is 0.485 e. The van der Waals surface area contributed by atoms with Crippen LogP contribution >= 0.6 is 0 Å². The Kier molecular flexibility index (Phi) is 6.31. The van der Waals surface area contributed by atoms with Crippen LogP contribution in [0, 0.1) is 0 Å². The van der Waals surface area contributed by atoms with E-state index in [1.54, 1.807) is 36.2 Å². The van der Waals surface area contributed by atoms with E-state index in [9.17, 15) is 13.2 Å². The molecule has 0 aliphatic rings. The second-order valence-corrected chi connectivity index (χ2v) is 8.92. The van der Waals surface area contributed by atoms with Gasteiger partial charge < -0.3 is 10.1 Å². The summed E-state index contributed by atoms with van der Waals surface area (Å²) >= 11 is 0. The molecule has 3 rings (SSSR count). The van der Waals surface area contributed by atoms with Gasteiger partial charge in [0.15, 0.2) is 21.2 Å². The van der Waals surface area contributed by atoms with Crippen LogP contribution in [-0.4, -0.2) is 43.7 Å². The molecule has 0 spiro atoms. The van der Waals surface area contributed by atoms with Crippen LogP contribution in [-0.2, 0) is 22.9 Å². The Bertz CT molecular complexity index is 1150. The molecule has 0 unspecified atom stereocenters. The molecule has 1 N–H and O–H groups in total. The highest BCUT2D eigenvalue weighted by molar-refractivity contribution is 7.90. The zero-order valence-corrected chi connectivity index (χ0v) is 18.4. The van der Waals surface area contributed by atoms with Crippen LogP contribution in [0.25, 0.3) is 5.65 Å². The summed E-state index contributed by atoms with van der Waals surface area (Å²) in [5.41, 5.74) is 2.25. The van der Waals surface area contributed by atoms with Crippen molar-refractivity contribution in [3.63, 3.8) is 0 Å². The number of pyridine rings is 1. The van der Waals surface area contributed by atoms with Crippen molar-refractivity contribution in [2.45, 2.75) is 31.8 Å². The second kappa shape index (κ2) is 8.74. The van der Waals surface area contributed by atoms with Gasteiger partial charge in [-0.3, -0.25) is 9.30 Å². The molecule has 9 heteroatoms. The molecule has 0 atom stereocenters. The maximum atomic E-state index is 12.3. The molecule has 2 heterocycles. The zero-order chi connectivity index (χ0) is 21.9. The van der Waals surface area contributed by atoms with E-state index in [1.807, 2.05) is 36.6 Å². The van der Waals surface area contributed by atoms with Crippen LogP contribution in [0.3, 0.4) is 0 Å². The molecule has 30 heavy (non-hydrogen) atoms. The van der Waals surface area contributed by atoms with Crippen molar-refractivity contribution in [2.75, 3.05) is 24.7 Å². The van der Waals surface area contributed by atoms with Gasteiger partial charge in [0.1, 0.15) is 12.4 Å². The van der Waals surface area contributed by atoms with Gasteiger partial charge >= 0.3 is 6.03 Å². The Morgan fingerprint density at radius 2 is 1.90 bits per heavy atom. The number of fused-ring (bicyclic) bond motifs is 1. The van der Waals surface area contributed by atoms with E-state index >= 15 is 0 Å². The van der Waals surface area contributed by atoms with Crippen molar-refractivity contribution in [3.05, 3.63) is 53.9 Å². The molecule has 8 nitrogen and oxygen atoms in total. The Morgan fingerprint density at radius 1 is 1.20 bits per heavy atom. The number of amides is 2. The number of imidazole rings is 1. The number of sulfone groups is 1. The van der Waals surface area contributed by atoms with Crippen molar-refractivity contribution in [1.82, 2.24) is 14.7 Å². The first-order valence-electron chi connectivity index (χ1n) is 9.69. The third-order valence-electron chi connectivity index (χ3n) is 4.69. The SMILES string of the molecule is CCNC(=O)N(C)c1c(CC)nc2c(OCc3ccc(S(C)(=O)=O)cc3)cccn12. The normalized spacial score (nSPS) is 11.5. The zero-order valence-electron chi connectivity index (χ0n) is 17.5. The molecule has 0 radical (unpaired) electrons. The lowest BCUT2D eigenvalue weighted by atomic mass is 10.2. The maximum absolute atomic E-state index is 12.3. The van der Waals surface area contributed by atoms with Gasteiger partial charge in [0.25, 0.3) is 0 Å². The predicted molar refractivity (Wildman–Crippen MR) is 116 cm³/mol. The Balaban J connectivity index is 1.89. The van der Waals surface area contributed by atoms with Gasteiger partial charge in [0.2, 0.25) is 0 Å². The molecule has 2 amide bonds. The molecule has 0 bridgehead atoms. The van der Waals surface area contributed by atoms with Gasteiger partial charge in [-0.2, -0.15) is 0 Å². The number of anilines is 1. The number of carbonyl (C=O) groups is 1. The first-order valence-corrected chi connectivity index (χ1v) is 11.6. The number of urea groups is 1. The molecule has 3 aromatic rings. The fourth-order valence-corrected chi connectivity index (χ4v) is 3.77. The van der Waals surface area contributed by atoms with E-state index in [1.165, 1.54) is 6.26 Å². The van der Waals surface area contributed by atoms with Crippen LogP contribution in [0.15, 0.2) is 47.5 Å². The molecule has 0 saturated heterocycles. The number of benzene rings is 1. The van der Waals surface area contributed by atoms with Gasteiger partial charge in [-0.1, -0.05) is 19.1 Å². The molecular weight excluding hydrogens is 404 g/mol. The first-order chi connectivity index (χ1) is 14.3. The topological polar surface area (TPSA) is 93.0 Å². The summed E-state index contributed by atoms with van der Waals surface area (Å²) in [6.07, 6.45) is 3.69. The van der Waals surface area contributed by atoms with Crippen LogP contribution < -0.4 is 15.0 Å². The minimum Gasteiger partial charge on any atom is -0.485 e. The standard InChI is InChI=1S/C21H26N4O4S/c1-5-17-20(24(3)21(26)22-6-2)25-13-7-8-18(19(25)23-17)29-14-15-9-11-16(12-10-15)30(4,27)28/h7-13H,5-6,14H2,1-4H3,(H,22,26). The number of aromatic nitrogens is 2. The number of nitrogens with zero attached hydrogens (tertiary/aromatic N) is 3. The number of nitrogens with one attached hydrogen (secondary N) is 1. The quantitative estimate of drug-likeness (QED) is 0.622. The van der Waals surface area contributed by atoms with Gasteiger partial charge in [-0.25, -0.2) is 18.2 Å². The smallest absolute Gasteiger partial charge is 0.322 e. The van der Waals surface area contributed by atoms with Gasteiger partial charge in [-0.15, -0.1) is 0 Å². The Morgan fingerprint density at radius 3 is 2.50 bits per heavy atom. The van der Waals surface area contributed by atoms with Crippen molar-refractivity contribution in [3.8, 4) is 5.75 Å². The molecule has 160 valence electrons. The Labute approximate surface area is 176 Å². The van der Waals surface area contributed by atoms with Crippen LogP contribution in [0.1, 0.15) is 25.1 Å². The summed E-state index contributed by atoms with van der Waals surface area (Å²) in [5.74, 6) is 1.27. The number of rotatable bonds is 7. The van der Waals surface area contributed by atoms with Gasteiger partial charge in [0.05, 0.1) is 10.6 Å². The summed E-state index contributed by atoms with van der Waals surface area (Å²) in [6, 6.07) is 10.1. The summed E-state index contributed by atoms with van der Waals surface area (Å²) in [5, 5.41) is 2.80. The number of ether oxygens (including phenoxy) is 1. The lowest BCUT2D eigenvalue weighted by Crippen LogP contribution is -2.38. The van der Waals surface area contributed by atoms with Gasteiger partial charge in [-0.05, 0) is 43.2 Å². The molecular formula is C21H26N4O4S. The van der Waals surface area contributed by atoms with Crippen molar-refractivity contribution in [2.24, 2.45) is 0 Å². The average Bonchev–Trinajstić information content (AvgIpc) is 3.10. The lowest BCUT2D eigenvalue weighted by Gasteiger charge is -2.18. The number of carbonyl (C=O) groups excluding carboxylic acids is 1. The highest BCUT2D eigenvalue weighted by Crippen LogP contribution is 2.28. The molecule has 0 aliphatic carbocycles. The van der Waals surface area contributed by atoms with Crippen molar-refractivity contribution < 1.29 is 17.9 Å². The van der Waals surface area contributed by atoms with E-state index in [4.69, 9.17) is 9.72 Å². The van der Waals surface area contributed by atoms with Crippen LogP contribution in [0.4, 0.5) is 10.6 Å². The number of hydrogen-bond donors (Lipinski definition) is 1. The summed E-state index contributed by atoms with van der Waals surface area (Å²) in [6.45, 7) is 4.66. The number of hydrogen-bond acceptors (Lipinski definition) is 5. The van der Waals surface area contributed by atoms with E-state index < -0.39 is 9.84 Å². The lowest BCUT2D eigenvalue weighted by molar-refractivity contribution is 0.248. The van der Waals surface area contributed by atoms with E-state index in [2.05, 4.69) is 5.32 Å².